The normalized spacial score (nSPS) is 10.7. The number of nitrogens with zero attached hydrogens (tertiary/aromatic N) is 2. The molecule has 0 aliphatic carbocycles. The lowest BCUT2D eigenvalue weighted by Gasteiger charge is -2.12. The number of methoxy groups -OCH3 is 2. The minimum Gasteiger partial charge on any atom is -0.462 e. The Bertz CT molecular complexity index is 703. The quantitative estimate of drug-likeness (QED) is 0.545. The molecule has 0 aliphatic rings. The molecule has 0 saturated carbocycles. The van der Waals surface area contributed by atoms with Crippen LogP contribution in [0.2, 0.25) is 0 Å². The van der Waals surface area contributed by atoms with Crippen LogP contribution in [-0.4, -0.2) is 30.6 Å². The minimum absolute atomic E-state index is 0.0235. The van der Waals surface area contributed by atoms with Gasteiger partial charge in [-0.3, -0.25) is 14.3 Å². The first kappa shape index (κ1) is 17.5. The van der Waals surface area contributed by atoms with Crippen molar-refractivity contribution in [1.82, 2.24) is 9.55 Å². The first-order valence-electron chi connectivity index (χ1n) is 7.04. The van der Waals surface area contributed by atoms with E-state index in [1.165, 1.54) is 11.7 Å². The Morgan fingerprint density at radius 1 is 1.30 bits per heavy atom. The highest BCUT2D eigenvalue weighted by molar-refractivity contribution is 7.98. The zero-order valence-corrected chi connectivity index (χ0v) is 14.3. The van der Waals surface area contributed by atoms with Gasteiger partial charge in [0.05, 0.1) is 5.69 Å². The van der Waals surface area contributed by atoms with E-state index in [2.05, 4.69) is 4.98 Å². The SMILES string of the molecule is COCOc1cc(SCc2ncccc2C)cn(COC)c1=O. The molecule has 2 heterocycles. The summed E-state index contributed by atoms with van der Waals surface area (Å²) in [5.41, 5.74) is 1.91. The highest BCUT2D eigenvalue weighted by Crippen LogP contribution is 2.25. The van der Waals surface area contributed by atoms with Crippen LogP contribution in [0.25, 0.3) is 0 Å². The van der Waals surface area contributed by atoms with E-state index in [0.717, 1.165) is 16.2 Å². The van der Waals surface area contributed by atoms with Gasteiger partial charge in [-0.25, -0.2) is 0 Å². The van der Waals surface area contributed by atoms with E-state index in [-0.39, 0.29) is 24.8 Å². The van der Waals surface area contributed by atoms with Gasteiger partial charge in [0.25, 0.3) is 5.56 Å². The van der Waals surface area contributed by atoms with Crippen LogP contribution in [0.15, 0.2) is 40.3 Å². The minimum atomic E-state index is -0.248. The monoisotopic (exact) mass is 336 g/mol. The number of ether oxygens (including phenoxy) is 3. The van der Waals surface area contributed by atoms with E-state index in [0.29, 0.717) is 5.75 Å². The van der Waals surface area contributed by atoms with Crippen molar-refractivity contribution in [3.8, 4) is 5.75 Å². The average Bonchev–Trinajstić information content (AvgIpc) is 2.55. The van der Waals surface area contributed by atoms with Crippen LogP contribution >= 0.6 is 11.8 Å². The van der Waals surface area contributed by atoms with Crippen LogP contribution < -0.4 is 10.3 Å². The van der Waals surface area contributed by atoms with Crippen LogP contribution in [0.1, 0.15) is 11.3 Å². The van der Waals surface area contributed by atoms with E-state index in [4.69, 9.17) is 14.2 Å². The summed E-state index contributed by atoms with van der Waals surface area (Å²) in [5.74, 6) is 0.952. The second-order valence-corrected chi connectivity index (χ2v) is 5.89. The zero-order valence-electron chi connectivity index (χ0n) is 13.4. The first-order valence-corrected chi connectivity index (χ1v) is 8.02. The van der Waals surface area contributed by atoms with Gasteiger partial charge in [0.2, 0.25) is 0 Å². The van der Waals surface area contributed by atoms with Gasteiger partial charge >= 0.3 is 0 Å². The summed E-state index contributed by atoms with van der Waals surface area (Å²) in [6.45, 7) is 2.22. The van der Waals surface area contributed by atoms with Gasteiger partial charge < -0.3 is 14.2 Å². The molecule has 2 aromatic heterocycles. The lowest BCUT2D eigenvalue weighted by atomic mass is 10.2. The molecule has 0 fully saturated rings. The van der Waals surface area contributed by atoms with Crippen LogP contribution in [0.4, 0.5) is 0 Å². The van der Waals surface area contributed by atoms with E-state index in [1.54, 1.807) is 37.3 Å². The molecule has 0 aliphatic heterocycles. The first-order chi connectivity index (χ1) is 11.2. The molecule has 124 valence electrons. The molecule has 0 spiro atoms. The van der Waals surface area contributed by atoms with Crippen molar-refractivity contribution in [2.24, 2.45) is 0 Å². The molecule has 0 bridgehead atoms. The number of thioether (sulfide) groups is 1. The van der Waals surface area contributed by atoms with Crippen LogP contribution in [-0.2, 0) is 22.0 Å². The molecule has 7 heteroatoms. The summed E-state index contributed by atoms with van der Waals surface area (Å²) >= 11 is 1.59. The van der Waals surface area contributed by atoms with Gasteiger partial charge in [0, 0.05) is 43.3 Å². The fourth-order valence-electron chi connectivity index (χ4n) is 1.94. The Labute approximate surface area is 139 Å². The van der Waals surface area contributed by atoms with Crippen molar-refractivity contribution >= 4 is 11.8 Å². The molecule has 0 aromatic carbocycles. The molecule has 0 saturated heterocycles. The molecule has 0 radical (unpaired) electrons. The topological polar surface area (TPSA) is 62.6 Å². The van der Waals surface area contributed by atoms with E-state index in [1.807, 2.05) is 19.1 Å². The van der Waals surface area contributed by atoms with Crippen molar-refractivity contribution in [2.45, 2.75) is 24.3 Å². The maximum absolute atomic E-state index is 12.2. The number of rotatable bonds is 8. The predicted octanol–water partition coefficient (Wildman–Crippen LogP) is 2.43. The molecular weight excluding hydrogens is 316 g/mol. The molecule has 23 heavy (non-hydrogen) atoms. The largest absolute Gasteiger partial charge is 0.462 e. The average molecular weight is 336 g/mol. The third-order valence-corrected chi connectivity index (χ3v) is 4.10. The summed E-state index contributed by atoms with van der Waals surface area (Å²) in [6.07, 6.45) is 3.54. The van der Waals surface area contributed by atoms with Crippen molar-refractivity contribution in [2.75, 3.05) is 21.0 Å². The van der Waals surface area contributed by atoms with Crippen LogP contribution in [0, 0.1) is 6.92 Å². The standard InChI is InChI=1S/C16H20N2O4S/c1-12-5-4-6-17-14(12)9-23-13-7-15(22-11-21-3)16(19)18(8-13)10-20-2/h4-8H,9-11H2,1-3H3. The molecule has 0 N–H and O–H groups in total. The van der Waals surface area contributed by atoms with Gasteiger partial charge in [-0.1, -0.05) is 6.07 Å². The Kier molecular flexibility index (Phi) is 6.64. The molecule has 2 rings (SSSR count). The molecule has 0 unspecified atom stereocenters. The Balaban J connectivity index is 2.21. The lowest BCUT2D eigenvalue weighted by Crippen LogP contribution is -2.23. The number of aromatic nitrogens is 2. The maximum atomic E-state index is 12.2. The molecule has 0 atom stereocenters. The second kappa shape index (κ2) is 8.71. The fourth-order valence-corrected chi connectivity index (χ4v) is 2.94. The van der Waals surface area contributed by atoms with E-state index >= 15 is 0 Å². The number of aryl methyl sites for hydroxylation is 1. The van der Waals surface area contributed by atoms with Crippen LogP contribution in [0.5, 0.6) is 5.75 Å². The Hall–Kier alpha value is -1.83. The molecule has 6 nitrogen and oxygen atoms in total. The van der Waals surface area contributed by atoms with Gasteiger partial charge in [-0.15, -0.1) is 11.8 Å². The van der Waals surface area contributed by atoms with Crippen molar-refractivity contribution in [3.05, 3.63) is 52.2 Å². The third kappa shape index (κ3) is 4.82. The van der Waals surface area contributed by atoms with Crippen LogP contribution in [0.3, 0.4) is 0 Å². The van der Waals surface area contributed by atoms with E-state index in [9.17, 15) is 4.79 Å². The fraction of sp³-hybridized carbons (Fsp3) is 0.375. The van der Waals surface area contributed by atoms with Crippen molar-refractivity contribution < 1.29 is 14.2 Å². The lowest BCUT2D eigenvalue weighted by molar-refractivity contribution is 0.0483. The van der Waals surface area contributed by atoms with Gasteiger partial charge in [0.1, 0.15) is 6.73 Å². The third-order valence-electron chi connectivity index (χ3n) is 3.12. The van der Waals surface area contributed by atoms with Gasteiger partial charge in [-0.2, -0.15) is 0 Å². The zero-order chi connectivity index (χ0) is 16.7. The molecule has 0 amide bonds. The number of hydrogen-bond donors (Lipinski definition) is 0. The van der Waals surface area contributed by atoms with Crippen molar-refractivity contribution in [1.29, 1.82) is 0 Å². The summed E-state index contributed by atoms with van der Waals surface area (Å²) in [6, 6.07) is 5.66. The smallest absolute Gasteiger partial charge is 0.294 e. The van der Waals surface area contributed by atoms with Gasteiger partial charge in [0.15, 0.2) is 12.5 Å². The number of hydrogen-bond acceptors (Lipinski definition) is 6. The predicted molar refractivity (Wildman–Crippen MR) is 88.8 cm³/mol. The maximum Gasteiger partial charge on any atom is 0.294 e. The summed E-state index contributed by atoms with van der Waals surface area (Å²) in [5, 5.41) is 0. The number of pyridine rings is 2. The van der Waals surface area contributed by atoms with Crippen molar-refractivity contribution in [3.63, 3.8) is 0 Å². The summed E-state index contributed by atoms with van der Waals surface area (Å²) < 4.78 is 16.7. The summed E-state index contributed by atoms with van der Waals surface area (Å²) in [4.78, 5) is 17.5. The van der Waals surface area contributed by atoms with E-state index < -0.39 is 0 Å². The Morgan fingerprint density at radius 3 is 2.83 bits per heavy atom. The summed E-state index contributed by atoms with van der Waals surface area (Å²) in [7, 11) is 3.05. The highest BCUT2D eigenvalue weighted by Gasteiger charge is 2.09. The Morgan fingerprint density at radius 2 is 2.13 bits per heavy atom. The highest BCUT2D eigenvalue weighted by atomic mass is 32.2. The van der Waals surface area contributed by atoms with Gasteiger partial charge in [-0.05, 0) is 18.6 Å². The second-order valence-electron chi connectivity index (χ2n) is 4.84. The molecule has 2 aromatic rings. The molecular formula is C16H20N2O4S.